The van der Waals surface area contributed by atoms with E-state index in [1.165, 1.54) is 6.07 Å². The normalized spacial score (nSPS) is 12.7. The summed E-state index contributed by atoms with van der Waals surface area (Å²) in [4.78, 5) is 0. The van der Waals surface area contributed by atoms with E-state index in [1.807, 2.05) is 6.07 Å². The van der Waals surface area contributed by atoms with Gasteiger partial charge in [-0.15, -0.1) is 0 Å². The molecule has 1 aromatic carbocycles. The molecule has 0 saturated carbocycles. The summed E-state index contributed by atoms with van der Waals surface area (Å²) in [6, 6.07) is 4.82. The van der Waals surface area contributed by atoms with Gasteiger partial charge < -0.3 is 10.4 Å². The lowest BCUT2D eigenvalue weighted by molar-refractivity contribution is 0.251. The van der Waals surface area contributed by atoms with Crippen molar-refractivity contribution < 1.29 is 9.50 Å². The molecule has 0 aliphatic carbocycles. The zero-order chi connectivity index (χ0) is 12.7. The summed E-state index contributed by atoms with van der Waals surface area (Å²) < 4.78 is 13.2. The van der Waals surface area contributed by atoms with Crippen LogP contribution >= 0.6 is 11.6 Å². The SMILES string of the molecule is CCC(CCO)CNCc1cccc(F)c1Cl. The second-order valence-corrected chi connectivity index (χ2v) is 4.51. The molecular formula is C13H19ClFNO. The van der Waals surface area contributed by atoms with Gasteiger partial charge in [0.05, 0.1) is 5.02 Å². The topological polar surface area (TPSA) is 32.3 Å². The summed E-state index contributed by atoms with van der Waals surface area (Å²) >= 11 is 5.85. The van der Waals surface area contributed by atoms with Gasteiger partial charge in [0.2, 0.25) is 0 Å². The number of hydrogen-bond acceptors (Lipinski definition) is 2. The predicted octanol–water partition coefficient (Wildman–Crippen LogP) is 2.98. The fourth-order valence-corrected chi connectivity index (χ4v) is 1.92. The van der Waals surface area contributed by atoms with E-state index in [9.17, 15) is 4.39 Å². The Morgan fingerprint density at radius 3 is 2.88 bits per heavy atom. The summed E-state index contributed by atoms with van der Waals surface area (Å²) in [6.07, 6.45) is 1.81. The third kappa shape index (κ3) is 4.62. The van der Waals surface area contributed by atoms with E-state index in [4.69, 9.17) is 16.7 Å². The molecule has 2 N–H and O–H groups in total. The Hall–Kier alpha value is -0.640. The monoisotopic (exact) mass is 259 g/mol. The molecule has 1 atom stereocenters. The highest BCUT2D eigenvalue weighted by Crippen LogP contribution is 2.19. The molecule has 0 amide bonds. The maximum atomic E-state index is 13.2. The minimum atomic E-state index is -0.381. The van der Waals surface area contributed by atoms with Crippen LogP contribution in [0.1, 0.15) is 25.3 Å². The molecule has 0 bridgehead atoms. The van der Waals surface area contributed by atoms with Crippen LogP contribution in [0.3, 0.4) is 0 Å². The van der Waals surface area contributed by atoms with Crippen LogP contribution in [0.25, 0.3) is 0 Å². The molecule has 1 rings (SSSR count). The number of aliphatic hydroxyl groups excluding tert-OH is 1. The standard InChI is InChI=1S/C13H19ClFNO/c1-2-10(6-7-17)8-16-9-11-4-3-5-12(15)13(11)14/h3-5,10,16-17H,2,6-9H2,1H3. The van der Waals surface area contributed by atoms with Crippen molar-refractivity contribution in [1.82, 2.24) is 5.32 Å². The van der Waals surface area contributed by atoms with Gasteiger partial charge >= 0.3 is 0 Å². The number of hydrogen-bond donors (Lipinski definition) is 2. The van der Waals surface area contributed by atoms with Crippen LogP contribution in [-0.4, -0.2) is 18.3 Å². The Balaban J connectivity index is 2.42. The van der Waals surface area contributed by atoms with Crippen LogP contribution in [0.5, 0.6) is 0 Å². The van der Waals surface area contributed by atoms with Gasteiger partial charge in [-0.1, -0.05) is 37.1 Å². The van der Waals surface area contributed by atoms with Gasteiger partial charge in [0.1, 0.15) is 5.82 Å². The van der Waals surface area contributed by atoms with Crippen LogP contribution < -0.4 is 5.32 Å². The molecule has 0 heterocycles. The average molecular weight is 260 g/mol. The van der Waals surface area contributed by atoms with E-state index in [0.717, 1.165) is 24.9 Å². The largest absolute Gasteiger partial charge is 0.396 e. The lowest BCUT2D eigenvalue weighted by Crippen LogP contribution is -2.23. The van der Waals surface area contributed by atoms with E-state index in [1.54, 1.807) is 6.07 Å². The Morgan fingerprint density at radius 1 is 1.47 bits per heavy atom. The average Bonchev–Trinajstić information content (AvgIpc) is 2.33. The van der Waals surface area contributed by atoms with Gasteiger partial charge in [0, 0.05) is 13.2 Å². The molecule has 4 heteroatoms. The summed E-state index contributed by atoms with van der Waals surface area (Å²) in [7, 11) is 0. The Labute approximate surface area is 107 Å². The summed E-state index contributed by atoms with van der Waals surface area (Å²) in [6.45, 7) is 3.67. The minimum absolute atomic E-state index is 0.190. The highest BCUT2D eigenvalue weighted by molar-refractivity contribution is 6.31. The smallest absolute Gasteiger partial charge is 0.142 e. The first-order chi connectivity index (χ1) is 8.19. The molecule has 0 saturated heterocycles. The van der Waals surface area contributed by atoms with E-state index < -0.39 is 0 Å². The van der Waals surface area contributed by atoms with Gasteiger partial charge in [-0.3, -0.25) is 0 Å². The minimum Gasteiger partial charge on any atom is -0.396 e. The summed E-state index contributed by atoms with van der Waals surface area (Å²) in [5, 5.41) is 12.3. The quantitative estimate of drug-likeness (QED) is 0.789. The lowest BCUT2D eigenvalue weighted by Gasteiger charge is -2.14. The van der Waals surface area contributed by atoms with Gasteiger partial charge in [-0.2, -0.15) is 0 Å². The van der Waals surface area contributed by atoms with E-state index >= 15 is 0 Å². The van der Waals surface area contributed by atoms with Crippen LogP contribution in [0.4, 0.5) is 4.39 Å². The van der Waals surface area contributed by atoms with E-state index in [-0.39, 0.29) is 17.4 Å². The first-order valence-corrected chi connectivity index (χ1v) is 6.31. The van der Waals surface area contributed by atoms with Crippen molar-refractivity contribution in [3.63, 3.8) is 0 Å². The third-order valence-electron chi connectivity index (χ3n) is 2.89. The van der Waals surface area contributed by atoms with Crippen LogP contribution in [0, 0.1) is 11.7 Å². The Morgan fingerprint density at radius 2 is 2.24 bits per heavy atom. The van der Waals surface area contributed by atoms with Crippen molar-refractivity contribution in [2.45, 2.75) is 26.3 Å². The Kier molecular flexibility index (Phi) is 6.48. The molecule has 17 heavy (non-hydrogen) atoms. The summed E-state index contributed by atoms with van der Waals surface area (Å²) in [5.74, 6) is 0.0701. The molecule has 0 aromatic heterocycles. The van der Waals surface area contributed by atoms with Crippen molar-refractivity contribution >= 4 is 11.6 Å². The number of aliphatic hydroxyl groups is 1. The van der Waals surface area contributed by atoms with Gasteiger partial charge in [0.25, 0.3) is 0 Å². The van der Waals surface area contributed by atoms with Gasteiger partial charge in [0.15, 0.2) is 0 Å². The maximum Gasteiger partial charge on any atom is 0.142 e. The van der Waals surface area contributed by atoms with Crippen LogP contribution in [0.2, 0.25) is 5.02 Å². The van der Waals surface area contributed by atoms with Gasteiger partial charge in [-0.05, 0) is 30.5 Å². The Bertz CT molecular complexity index is 346. The van der Waals surface area contributed by atoms with Crippen molar-refractivity contribution in [2.24, 2.45) is 5.92 Å². The highest BCUT2D eigenvalue weighted by Gasteiger charge is 2.07. The second kappa shape index (κ2) is 7.64. The lowest BCUT2D eigenvalue weighted by atomic mass is 10.0. The predicted molar refractivity (Wildman–Crippen MR) is 68.6 cm³/mol. The number of nitrogens with one attached hydrogen (secondary N) is 1. The molecule has 0 aliphatic rings. The van der Waals surface area contributed by atoms with Crippen molar-refractivity contribution in [3.8, 4) is 0 Å². The van der Waals surface area contributed by atoms with Crippen LogP contribution in [0.15, 0.2) is 18.2 Å². The molecule has 0 aliphatic heterocycles. The third-order valence-corrected chi connectivity index (χ3v) is 3.32. The maximum absolute atomic E-state index is 13.2. The molecule has 0 spiro atoms. The van der Waals surface area contributed by atoms with E-state index in [0.29, 0.717) is 12.5 Å². The van der Waals surface area contributed by atoms with Crippen molar-refractivity contribution in [1.29, 1.82) is 0 Å². The zero-order valence-electron chi connectivity index (χ0n) is 10.0. The molecule has 96 valence electrons. The number of halogens is 2. The zero-order valence-corrected chi connectivity index (χ0v) is 10.8. The molecule has 1 unspecified atom stereocenters. The molecule has 1 aromatic rings. The highest BCUT2D eigenvalue weighted by atomic mass is 35.5. The first-order valence-electron chi connectivity index (χ1n) is 5.93. The van der Waals surface area contributed by atoms with Gasteiger partial charge in [-0.25, -0.2) is 4.39 Å². The second-order valence-electron chi connectivity index (χ2n) is 4.13. The first kappa shape index (κ1) is 14.4. The molecule has 2 nitrogen and oxygen atoms in total. The van der Waals surface area contributed by atoms with E-state index in [2.05, 4.69) is 12.2 Å². The van der Waals surface area contributed by atoms with Crippen molar-refractivity contribution in [3.05, 3.63) is 34.6 Å². The number of rotatable bonds is 7. The molecule has 0 fully saturated rings. The fraction of sp³-hybridized carbons (Fsp3) is 0.538. The van der Waals surface area contributed by atoms with Crippen molar-refractivity contribution in [2.75, 3.05) is 13.2 Å². The molecule has 0 radical (unpaired) electrons. The van der Waals surface area contributed by atoms with Crippen LogP contribution in [-0.2, 0) is 6.54 Å². The summed E-state index contributed by atoms with van der Waals surface area (Å²) in [5.41, 5.74) is 0.769. The fourth-order valence-electron chi connectivity index (χ4n) is 1.73. The molecular weight excluding hydrogens is 241 g/mol. The number of benzene rings is 1.